The number of allylic oxidation sites excluding steroid dienone is 2. The molecule has 3 nitrogen and oxygen atoms in total. The molecule has 2 aromatic carbocycles. The van der Waals surface area contributed by atoms with Crippen molar-refractivity contribution >= 4 is 23.2 Å². The van der Waals surface area contributed by atoms with Crippen molar-refractivity contribution in [3.05, 3.63) is 77.5 Å². The summed E-state index contributed by atoms with van der Waals surface area (Å²) in [6.45, 7) is 4.31. The molecule has 4 heteroatoms. The van der Waals surface area contributed by atoms with Crippen molar-refractivity contribution in [2.45, 2.75) is 25.4 Å². The molecule has 136 valence electrons. The van der Waals surface area contributed by atoms with Crippen LogP contribution in [0.1, 0.15) is 31.1 Å². The first-order valence-corrected chi connectivity index (χ1v) is 9.95. The number of likely N-dealkylation sites (N-methyl/N-ethyl adjacent to an activating group) is 1. The summed E-state index contributed by atoms with van der Waals surface area (Å²) < 4.78 is 0. The van der Waals surface area contributed by atoms with Crippen molar-refractivity contribution in [2.24, 2.45) is 0 Å². The number of benzene rings is 2. The predicted octanol–water partition coefficient (Wildman–Crippen LogP) is 4.33. The number of rotatable bonds is 6. The van der Waals surface area contributed by atoms with Crippen LogP contribution >= 0.6 is 11.8 Å². The second kappa shape index (κ2) is 7.68. The zero-order valence-corrected chi connectivity index (χ0v) is 16.3. The van der Waals surface area contributed by atoms with Gasteiger partial charge in [0.15, 0.2) is 5.78 Å². The van der Waals surface area contributed by atoms with E-state index in [0.29, 0.717) is 11.5 Å². The zero-order chi connectivity index (χ0) is 18.7. The summed E-state index contributed by atoms with van der Waals surface area (Å²) in [4.78, 5) is 14.6. The molecule has 2 aromatic rings. The largest absolute Gasteiger partial charge is 0.388 e. The first-order chi connectivity index (χ1) is 12.4. The Kier molecular flexibility index (Phi) is 5.54. The Morgan fingerprint density at radius 3 is 2.50 bits per heavy atom. The average Bonchev–Trinajstić information content (AvgIpc) is 2.83. The van der Waals surface area contributed by atoms with Crippen LogP contribution in [0.4, 0.5) is 5.69 Å². The van der Waals surface area contributed by atoms with E-state index in [1.54, 1.807) is 6.08 Å². The molecular formula is C22H25NO2S. The van der Waals surface area contributed by atoms with Crippen molar-refractivity contribution in [3.63, 3.8) is 0 Å². The molecule has 0 amide bonds. The quantitative estimate of drug-likeness (QED) is 0.772. The van der Waals surface area contributed by atoms with Crippen molar-refractivity contribution in [2.75, 3.05) is 23.5 Å². The van der Waals surface area contributed by atoms with Crippen molar-refractivity contribution in [3.8, 4) is 0 Å². The highest BCUT2D eigenvalue weighted by Gasteiger charge is 2.38. The molecule has 0 saturated heterocycles. The minimum absolute atomic E-state index is 0.0815. The molecule has 0 aromatic heterocycles. The van der Waals surface area contributed by atoms with Crippen LogP contribution in [0.15, 0.2) is 66.4 Å². The molecule has 1 aliphatic heterocycles. The standard InChI is InChI=1S/C22H25NO2S/c1-22(2)18-11-7-8-12-19(18)23(3)21(22)13-17(24)14-26-15-20(25)16-9-5-4-6-10-16/h4-13,20,25H,14-15H2,1-3H3. The van der Waals surface area contributed by atoms with Gasteiger partial charge in [-0.2, -0.15) is 11.8 Å². The third kappa shape index (κ3) is 3.71. The molecule has 1 unspecified atom stereocenters. The van der Waals surface area contributed by atoms with E-state index in [0.717, 1.165) is 16.9 Å². The van der Waals surface area contributed by atoms with E-state index in [-0.39, 0.29) is 11.2 Å². The topological polar surface area (TPSA) is 40.5 Å². The number of aliphatic hydroxyl groups excluding tert-OH is 1. The molecule has 1 aliphatic rings. The number of nitrogens with zero attached hydrogens (tertiary/aromatic N) is 1. The van der Waals surface area contributed by atoms with E-state index in [2.05, 4.69) is 30.9 Å². The Bertz CT molecular complexity index is 814. The summed E-state index contributed by atoms with van der Waals surface area (Å²) in [6, 6.07) is 17.8. The van der Waals surface area contributed by atoms with Crippen LogP contribution in [0.5, 0.6) is 0 Å². The number of aliphatic hydroxyl groups is 1. The summed E-state index contributed by atoms with van der Waals surface area (Å²) in [5, 5.41) is 10.2. The normalized spacial score (nSPS) is 18.0. The Hall–Kier alpha value is -2.04. The van der Waals surface area contributed by atoms with Gasteiger partial charge in [0, 0.05) is 35.7 Å². The van der Waals surface area contributed by atoms with Gasteiger partial charge >= 0.3 is 0 Å². The molecule has 1 heterocycles. The van der Waals surface area contributed by atoms with Gasteiger partial charge in [-0.15, -0.1) is 0 Å². The third-order valence-electron chi connectivity index (χ3n) is 4.94. The van der Waals surface area contributed by atoms with E-state index < -0.39 is 6.10 Å². The number of hydrogen-bond donors (Lipinski definition) is 1. The van der Waals surface area contributed by atoms with Crippen LogP contribution in [0.3, 0.4) is 0 Å². The van der Waals surface area contributed by atoms with Gasteiger partial charge in [-0.1, -0.05) is 62.4 Å². The molecule has 0 bridgehead atoms. The van der Waals surface area contributed by atoms with Crippen molar-refractivity contribution < 1.29 is 9.90 Å². The minimum atomic E-state index is -0.545. The van der Waals surface area contributed by atoms with Crippen LogP contribution in [0.25, 0.3) is 0 Å². The molecule has 0 saturated carbocycles. The Morgan fingerprint density at radius 1 is 1.15 bits per heavy atom. The lowest BCUT2D eigenvalue weighted by atomic mass is 9.83. The maximum Gasteiger partial charge on any atom is 0.167 e. The molecular weight excluding hydrogens is 342 g/mol. The highest BCUT2D eigenvalue weighted by Crippen LogP contribution is 2.46. The van der Waals surface area contributed by atoms with Crippen LogP contribution in [-0.2, 0) is 10.2 Å². The van der Waals surface area contributed by atoms with E-state index >= 15 is 0 Å². The summed E-state index contributed by atoms with van der Waals surface area (Å²) in [6.07, 6.45) is 1.22. The highest BCUT2D eigenvalue weighted by atomic mass is 32.2. The SMILES string of the molecule is CN1C(=CC(=O)CSCC(O)c2ccccc2)C(C)(C)c2ccccc21. The fourth-order valence-corrected chi connectivity index (χ4v) is 4.31. The molecule has 26 heavy (non-hydrogen) atoms. The average molecular weight is 368 g/mol. The van der Waals surface area contributed by atoms with Gasteiger partial charge in [0.1, 0.15) is 0 Å². The van der Waals surface area contributed by atoms with Gasteiger partial charge in [0.2, 0.25) is 0 Å². The van der Waals surface area contributed by atoms with Crippen LogP contribution < -0.4 is 4.90 Å². The van der Waals surface area contributed by atoms with Gasteiger partial charge in [-0.05, 0) is 17.2 Å². The zero-order valence-electron chi connectivity index (χ0n) is 15.5. The molecule has 1 atom stereocenters. The lowest BCUT2D eigenvalue weighted by molar-refractivity contribution is -0.112. The molecule has 1 N–H and O–H groups in total. The summed E-state index contributed by atoms with van der Waals surface area (Å²) >= 11 is 1.47. The molecule has 3 rings (SSSR count). The molecule has 0 fully saturated rings. The number of fused-ring (bicyclic) bond motifs is 1. The van der Waals surface area contributed by atoms with Crippen molar-refractivity contribution in [1.82, 2.24) is 0 Å². The van der Waals surface area contributed by atoms with Gasteiger partial charge in [-0.3, -0.25) is 4.79 Å². The Balaban J connectivity index is 1.63. The number of ketones is 1. The molecule has 0 radical (unpaired) electrons. The number of carbonyl (C=O) groups is 1. The number of anilines is 1. The first-order valence-electron chi connectivity index (χ1n) is 8.80. The molecule has 0 spiro atoms. The number of para-hydroxylation sites is 1. The minimum Gasteiger partial charge on any atom is -0.388 e. The van der Waals surface area contributed by atoms with E-state index in [9.17, 15) is 9.90 Å². The maximum absolute atomic E-state index is 12.5. The van der Waals surface area contributed by atoms with Crippen LogP contribution in [0.2, 0.25) is 0 Å². The lowest BCUT2D eigenvalue weighted by Crippen LogP contribution is -2.24. The smallest absolute Gasteiger partial charge is 0.167 e. The van der Waals surface area contributed by atoms with Crippen LogP contribution in [0, 0.1) is 0 Å². The highest BCUT2D eigenvalue weighted by molar-refractivity contribution is 8.00. The second-order valence-corrected chi connectivity index (χ2v) is 8.17. The van der Waals surface area contributed by atoms with Gasteiger partial charge in [0.05, 0.1) is 11.9 Å². The fraction of sp³-hybridized carbons (Fsp3) is 0.318. The van der Waals surface area contributed by atoms with Crippen molar-refractivity contribution in [1.29, 1.82) is 0 Å². The van der Waals surface area contributed by atoms with Gasteiger partial charge < -0.3 is 10.0 Å². The summed E-state index contributed by atoms with van der Waals surface area (Å²) in [5.74, 6) is 0.962. The predicted molar refractivity (Wildman–Crippen MR) is 110 cm³/mol. The maximum atomic E-state index is 12.5. The van der Waals surface area contributed by atoms with Gasteiger partial charge in [-0.25, -0.2) is 0 Å². The summed E-state index contributed by atoms with van der Waals surface area (Å²) in [7, 11) is 2.01. The molecule has 0 aliphatic carbocycles. The van der Waals surface area contributed by atoms with E-state index in [1.807, 2.05) is 49.5 Å². The number of carbonyl (C=O) groups excluding carboxylic acids is 1. The third-order valence-corrected chi connectivity index (χ3v) is 5.98. The second-order valence-electron chi connectivity index (χ2n) is 7.14. The Labute approximate surface area is 159 Å². The fourth-order valence-electron chi connectivity index (χ4n) is 3.50. The lowest BCUT2D eigenvalue weighted by Gasteiger charge is -2.24. The van der Waals surface area contributed by atoms with E-state index in [4.69, 9.17) is 0 Å². The number of hydrogen-bond acceptors (Lipinski definition) is 4. The Morgan fingerprint density at radius 2 is 1.81 bits per heavy atom. The number of thioether (sulfide) groups is 1. The first kappa shape index (κ1) is 18.7. The van der Waals surface area contributed by atoms with Crippen LogP contribution in [-0.4, -0.2) is 29.4 Å². The summed E-state index contributed by atoms with van der Waals surface area (Å²) in [5.41, 5.74) is 4.12. The monoisotopic (exact) mass is 367 g/mol. The van der Waals surface area contributed by atoms with Gasteiger partial charge in [0.25, 0.3) is 0 Å². The van der Waals surface area contributed by atoms with E-state index in [1.165, 1.54) is 17.3 Å².